The second-order valence-corrected chi connectivity index (χ2v) is 5.29. The molecule has 0 amide bonds. The molecular formula is C8H11N3S2. The molecule has 0 aliphatic carbocycles. The highest BCUT2D eigenvalue weighted by atomic mass is 32.2. The predicted octanol–water partition coefficient (Wildman–Crippen LogP) is 1.72. The third kappa shape index (κ3) is 2.45. The molecule has 0 radical (unpaired) electrons. The second-order valence-electron chi connectivity index (χ2n) is 2.90. The van der Waals surface area contributed by atoms with Gasteiger partial charge in [0.05, 0.1) is 18.6 Å². The van der Waals surface area contributed by atoms with E-state index < -0.39 is 0 Å². The van der Waals surface area contributed by atoms with Crippen molar-refractivity contribution in [1.82, 2.24) is 10.3 Å². The van der Waals surface area contributed by atoms with Crippen LogP contribution in [0.4, 0.5) is 0 Å². The number of nitrogens with one attached hydrogen (secondary N) is 1. The van der Waals surface area contributed by atoms with Gasteiger partial charge in [0.25, 0.3) is 0 Å². The molecular weight excluding hydrogens is 202 g/mol. The van der Waals surface area contributed by atoms with Crippen LogP contribution in [0.2, 0.25) is 0 Å². The van der Waals surface area contributed by atoms with Crippen molar-refractivity contribution in [2.24, 2.45) is 4.99 Å². The Balaban J connectivity index is 1.81. The molecule has 1 unspecified atom stereocenters. The molecule has 1 aliphatic rings. The monoisotopic (exact) mass is 213 g/mol. The topological polar surface area (TPSA) is 37.3 Å². The maximum Gasteiger partial charge on any atom is 0.157 e. The van der Waals surface area contributed by atoms with Gasteiger partial charge in [-0.2, -0.15) is 0 Å². The Hall–Kier alpha value is -0.550. The normalized spacial score (nSPS) is 21.6. The van der Waals surface area contributed by atoms with Gasteiger partial charge >= 0.3 is 0 Å². The van der Waals surface area contributed by atoms with Crippen molar-refractivity contribution >= 4 is 28.3 Å². The molecule has 0 fully saturated rings. The first-order valence-corrected chi connectivity index (χ1v) is 5.93. The highest BCUT2D eigenvalue weighted by molar-refractivity contribution is 8.14. The van der Waals surface area contributed by atoms with E-state index in [1.54, 1.807) is 11.3 Å². The largest absolute Gasteiger partial charge is 0.360 e. The van der Waals surface area contributed by atoms with Gasteiger partial charge in [0.2, 0.25) is 0 Å². The molecule has 5 heteroatoms. The van der Waals surface area contributed by atoms with Crippen LogP contribution in [-0.4, -0.2) is 21.9 Å². The van der Waals surface area contributed by atoms with E-state index in [4.69, 9.17) is 0 Å². The fourth-order valence-electron chi connectivity index (χ4n) is 1.07. The zero-order valence-corrected chi connectivity index (χ0v) is 8.99. The van der Waals surface area contributed by atoms with Crippen molar-refractivity contribution < 1.29 is 0 Å². The number of nitrogens with zero attached hydrogens (tertiary/aromatic N) is 2. The molecule has 0 saturated heterocycles. The standard InChI is InChI=1S/C8H11N3S2/c1-6-2-10-8(13-6)11-4-7-3-9-5-12-7/h3,5-6H,2,4H2,1H3,(H,10,11). The van der Waals surface area contributed by atoms with E-state index in [9.17, 15) is 0 Å². The number of hydrogen-bond donors (Lipinski definition) is 1. The van der Waals surface area contributed by atoms with Crippen LogP contribution in [0.1, 0.15) is 11.8 Å². The summed E-state index contributed by atoms with van der Waals surface area (Å²) in [5, 5.41) is 5.00. The molecule has 1 aromatic rings. The number of aromatic nitrogens is 1. The average Bonchev–Trinajstić information content (AvgIpc) is 2.71. The molecule has 1 aromatic heterocycles. The van der Waals surface area contributed by atoms with Crippen LogP contribution < -0.4 is 5.32 Å². The molecule has 70 valence electrons. The minimum atomic E-state index is 0.629. The molecule has 2 heterocycles. The smallest absolute Gasteiger partial charge is 0.157 e. The van der Waals surface area contributed by atoms with E-state index in [1.807, 2.05) is 23.5 Å². The summed E-state index contributed by atoms with van der Waals surface area (Å²) in [6, 6.07) is 0. The zero-order valence-electron chi connectivity index (χ0n) is 7.36. The minimum Gasteiger partial charge on any atom is -0.360 e. The molecule has 1 aliphatic heterocycles. The quantitative estimate of drug-likeness (QED) is 0.813. The number of hydrogen-bond acceptors (Lipinski definition) is 5. The molecule has 0 bridgehead atoms. The lowest BCUT2D eigenvalue weighted by molar-refractivity contribution is 0.925. The Labute approximate surface area is 85.7 Å². The van der Waals surface area contributed by atoms with E-state index >= 15 is 0 Å². The Morgan fingerprint density at radius 1 is 1.69 bits per heavy atom. The van der Waals surface area contributed by atoms with E-state index in [-0.39, 0.29) is 0 Å². The first-order valence-electron chi connectivity index (χ1n) is 4.17. The number of amidine groups is 1. The van der Waals surface area contributed by atoms with E-state index in [0.29, 0.717) is 5.25 Å². The molecule has 0 saturated carbocycles. The van der Waals surface area contributed by atoms with Crippen LogP contribution in [0.3, 0.4) is 0 Å². The van der Waals surface area contributed by atoms with Crippen molar-refractivity contribution in [2.75, 3.05) is 6.54 Å². The van der Waals surface area contributed by atoms with Gasteiger partial charge in [0.15, 0.2) is 5.17 Å². The van der Waals surface area contributed by atoms with Crippen molar-refractivity contribution in [3.63, 3.8) is 0 Å². The van der Waals surface area contributed by atoms with Crippen LogP contribution in [-0.2, 0) is 6.54 Å². The van der Waals surface area contributed by atoms with E-state index in [0.717, 1.165) is 18.3 Å². The van der Waals surface area contributed by atoms with Crippen molar-refractivity contribution in [3.05, 3.63) is 16.6 Å². The molecule has 13 heavy (non-hydrogen) atoms. The molecule has 1 N–H and O–H groups in total. The van der Waals surface area contributed by atoms with Crippen molar-refractivity contribution in [2.45, 2.75) is 18.7 Å². The van der Waals surface area contributed by atoms with Gasteiger partial charge < -0.3 is 5.32 Å². The summed E-state index contributed by atoms with van der Waals surface area (Å²) in [6.45, 7) is 3.98. The molecule has 2 rings (SSSR count). The van der Waals surface area contributed by atoms with Crippen LogP contribution >= 0.6 is 23.1 Å². The lowest BCUT2D eigenvalue weighted by Gasteiger charge is -2.02. The maximum atomic E-state index is 4.37. The first-order chi connectivity index (χ1) is 6.34. The van der Waals surface area contributed by atoms with E-state index in [2.05, 4.69) is 22.2 Å². The summed E-state index contributed by atoms with van der Waals surface area (Å²) < 4.78 is 0. The highest BCUT2D eigenvalue weighted by Crippen LogP contribution is 2.18. The third-order valence-corrected chi connectivity index (χ3v) is 3.53. The Morgan fingerprint density at radius 3 is 3.23 bits per heavy atom. The fourth-order valence-corrected chi connectivity index (χ4v) is 2.44. The molecule has 1 atom stereocenters. The predicted molar refractivity (Wildman–Crippen MR) is 58.3 cm³/mol. The summed E-state index contributed by atoms with van der Waals surface area (Å²) in [5.74, 6) is 0. The summed E-state index contributed by atoms with van der Waals surface area (Å²) >= 11 is 3.48. The zero-order chi connectivity index (χ0) is 9.10. The first kappa shape index (κ1) is 9.02. The summed E-state index contributed by atoms with van der Waals surface area (Å²) in [5.41, 5.74) is 1.85. The fraction of sp³-hybridized carbons (Fsp3) is 0.500. The van der Waals surface area contributed by atoms with Crippen LogP contribution in [0, 0.1) is 0 Å². The maximum absolute atomic E-state index is 4.37. The van der Waals surface area contributed by atoms with Crippen LogP contribution in [0.5, 0.6) is 0 Å². The van der Waals surface area contributed by atoms with Gasteiger partial charge in [-0.25, -0.2) is 0 Å². The summed E-state index contributed by atoms with van der Waals surface area (Å²) in [6.07, 6.45) is 1.89. The summed E-state index contributed by atoms with van der Waals surface area (Å²) in [4.78, 5) is 9.64. The van der Waals surface area contributed by atoms with Gasteiger partial charge in [-0.3, -0.25) is 9.98 Å². The molecule has 0 spiro atoms. The van der Waals surface area contributed by atoms with Crippen molar-refractivity contribution in [3.8, 4) is 0 Å². The van der Waals surface area contributed by atoms with Crippen LogP contribution in [0.15, 0.2) is 16.7 Å². The summed E-state index contributed by atoms with van der Waals surface area (Å²) in [7, 11) is 0. The third-order valence-electron chi connectivity index (χ3n) is 1.70. The lowest BCUT2D eigenvalue weighted by Crippen LogP contribution is -2.17. The number of thiazole rings is 1. The highest BCUT2D eigenvalue weighted by Gasteiger charge is 2.14. The van der Waals surface area contributed by atoms with Gasteiger partial charge in [-0.05, 0) is 0 Å². The Bertz CT molecular complexity index is 294. The molecule has 0 aromatic carbocycles. The van der Waals surface area contributed by atoms with Crippen LogP contribution in [0.25, 0.3) is 0 Å². The number of rotatable bonds is 2. The number of thioether (sulfide) groups is 1. The van der Waals surface area contributed by atoms with Gasteiger partial charge in [0, 0.05) is 16.3 Å². The molecule has 3 nitrogen and oxygen atoms in total. The Morgan fingerprint density at radius 2 is 2.62 bits per heavy atom. The Kier molecular flexibility index (Phi) is 2.85. The SMILES string of the molecule is CC1CN=C(NCc2cncs2)S1. The average molecular weight is 213 g/mol. The minimum absolute atomic E-state index is 0.629. The number of aliphatic imine (C=N–C) groups is 1. The van der Waals surface area contributed by atoms with E-state index in [1.165, 1.54) is 4.88 Å². The van der Waals surface area contributed by atoms with Gasteiger partial charge in [0.1, 0.15) is 0 Å². The second kappa shape index (κ2) is 4.11. The van der Waals surface area contributed by atoms with Gasteiger partial charge in [-0.15, -0.1) is 11.3 Å². The van der Waals surface area contributed by atoms with Crippen molar-refractivity contribution in [1.29, 1.82) is 0 Å². The van der Waals surface area contributed by atoms with Gasteiger partial charge in [-0.1, -0.05) is 18.7 Å². The lowest BCUT2D eigenvalue weighted by atomic mass is 10.5.